The molecule has 1 heterocycles. The summed E-state index contributed by atoms with van der Waals surface area (Å²) in [6.07, 6.45) is 2.32. The van der Waals surface area contributed by atoms with Gasteiger partial charge in [0.2, 0.25) is 5.91 Å². The number of rotatable bonds is 6. The molecule has 0 atom stereocenters. The molecule has 0 aromatic heterocycles. The highest BCUT2D eigenvalue weighted by Gasteiger charge is 2.23. The van der Waals surface area contributed by atoms with Crippen molar-refractivity contribution in [3.8, 4) is 5.75 Å². The lowest BCUT2D eigenvalue weighted by atomic mass is 9.93. The molecule has 0 radical (unpaired) electrons. The third kappa shape index (κ3) is 6.53. The van der Waals surface area contributed by atoms with Crippen molar-refractivity contribution in [3.05, 3.63) is 28.8 Å². The van der Waals surface area contributed by atoms with Gasteiger partial charge in [-0.1, -0.05) is 11.6 Å². The largest absolute Gasteiger partial charge is 0.434 e. The zero-order valence-corrected chi connectivity index (χ0v) is 16.2. The van der Waals surface area contributed by atoms with Crippen LogP contribution in [-0.2, 0) is 11.3 Å². The van der Waals surface area contributed by atoms with Crippen molar-refractivity contribution in [2.45, 2.75) is 32.4 Å². The number of carbonyl (C=O) groups is 1. The zero-order chi connectivity index (χ0) is 19.8. The van der Waals surface area contributed by atoms with E-state index < -0.39 is 6.61 Å². The minimum absolute atomic E-state index is 0.0588. The van der Waals surface area contributed by atoms with Gasteiger partial charge in [0.05, 0.1) is 0 Å². The van der Waals surface area contributed by atoms with Crippen molar-refractivity contribution < 1.29 is 18.3 Å². The SMILES string of the molecule is CN=C(NCc1cc(Cl)ccc1OC(F)F)N1CCC(CC(=O)NC)CC1. The number of nitrogens with zero attached hydrogens (tertiary/aromatic N) is 2. The third-order valence-electron chi connectivity index (χ3n) is 4.55. The molecule has 0 bridgehead atoms. The van der Waals surface area contributed by atoms with Crippen LogP contribution in [0.1, 0.15) is 24.8 Å². The van der Waals surface area contributed by atoms with E-state index in [2.05, 4.69) is 25.3 Å². The fourth-order valence-electron chi connectivity index (χ4n) is 3.12. The summed E-state index contributed by atoms with van der Waals surface area (Å²) in [6.45, 7) is -1.09. The molecule has 0 aliphatic carbocycles. The molecule has 0 saturated carbocycles. The Morgan fingerprint density at radius 2 is 2.11 bits per heavy atom. The number of nitrogens with one attached hydrogen (secondary N) is 2. The summed E-state index contributed by atoms with van der Waals surface area (Å²) in [5, 5.41) is 6.27. The predicted octanol–water partition coefficient (Wildman–Crippen LogP) is 2.86. The molecule has 2 rings (SSSR count). The number of likely N-dealkylation sites (tertiary alicyclic amines) is 1. The first-order chi connectivity index (χ1) is 12.9. The number of hydrogen-bond acceptors (Lipinski definition) is 3. The van der Waals surface area contributed by atoms with Gasteiger partial charge < -0.3 is 20.3 Å². The summed E-state index contributed by atoms with van der Waals surface area (Å²) < 4.78 is 29.7. The summed E-state index contributed by atoms with van der Waals surface area (Å²) in [5.74, 6) is 1.18. The zero-order valence-electron chi connectivity index (χ0n) is 15.5. The van der Waals surface area contributed by atoms with Gasteiger partial charge in [-0.25, -0.2) is 0 Å². The summed E-state index contributed by atoms with van der Waals surface area (Å²) in [5.41, 5.74) is 0.526. The maximum atomic E-state index is 12.6. The Morgan fingerprint density at radius 1 is 1.41 bits per heavy atom. The first kappa shape index (κ1) is 21.2. The van der Waals surface area contributed by atoms with Crippen LogP contribution in [0.15, 0.2) is 23.2 Å². The highest BCUT2D eigenvalue weighted by molar-refractivity contribution is 6.30. The number of alkyl halides is 2. The van der Waals surface area contributed by atoms with E-state index in [9.17, 15) is 13.6 Å². The fourth-order valence-corrected chi connectivity index (χ4v) is 3.31. The number of hydrogen-bond donors (Lipinski definition) is 2. The van der Waals surface area contributed by atoms with Gasteiger partial charge in [-0.3, -0.25) is 9.79 Å². The van der Waals surface area contributed by atoms with Crippen LogP contribution in [0.3, 0.4) is 0 Å². The van der Waals surface area contributed by atoms with E-state index in [0.717, 1.165) is 25.9 Å². The molecule has 27 heavy (non-hydrogen) atoms. The standard InChI is InChI=1S/C18H25ClF2N4O2/c1-22-16(26)9-12-5-7-25(8-6-12)18(23-2)24-11-13-10-14(19)3-4-15(13)27-17(20)21/h3-4,10,12,17H,5-9,11H2,1-2H3,(H,22,26)(H,23,24). The average Bonchev–Trinajstić information content (AvgIpc) is 2.65. The van der Waals surface area contributed by atoms with Crippen LogP contribution in [0.4, 0.5) is 8.78 Å². The molecule has 1 aliphatic rings. The molecule has 1 amide bonds. The normalized spacial score (nSPS) is 15.8. The Labute approximate surface area is 162 Å². The van der Waals surface area contributed by atoms with Crippen molar-refractivity contribution >= 4 is 23.5 Å². The summed E-state index contributed by atoms with van der Waals surface area (Å²) in [4.78, 5) is 17.9. The van der Waals surface area contributed by atoms with Crippen molar-refractivity contribution in [3.63, 3.8) is 0 Å². The Kier molecular flexibility index (Phi) is 8.09. The van der Waals surface area contributed by atoms with E-state index in [4.69, 9.17) is 11.6 Å². The minimum atomic E-state index is -2.90. The maximum absolute atomic E-state index is 12.6. The van der Waals surface area contributed by atoms with E-state index in [-0.39, 0.29) is 18.2 Å². The minimum Gasteiger partial charge on any atom is -0.434 e. The van der Waals surface area contributed by atoms with Crippen LogP contribution >= 0.6 is 11.6 Å². The molecule has 2 N–H and O–H groups in total. The summed E-state index contributed by atoms with van der Waals surface area (Å²) >= 11 is 5.98. The van der Waals surface area contributed by atoms with Gasteiger partial charge in [0.25, 0.3) is 0 Å². The smallest absolute Gasteiger partial charge is 0.387 e. The van der Waals surface area contributed by atoms with Crippen molar-refractivity contribution in [2.24, 2.45) is 10.9 Å². The predicted molar refractivity (Wildman–Crippen MR) is 101 cm³/mol. The van der Waals surface area contributed by atoms with Gasteiger partial charge >= 0.3 is 6.61 Å². The number of aliphatic imine (C=N–C) groups is 1. The molecule has 6 nitrogen and oxygen atoms in total. The maximum Gasteiger partial charge on any atom is 0.387 e. The molecule has 1 saturated heterocycles. The van der Waals surface area contributed by atoms with E-state index in [0.29, 0.717) is 28.9 Å². The number of piperidine rings is 1. The molecule has 0 unspecified atom stereocenters. The summed E-state index contributed by atoms with van der Waals surface area (Å²) in [6, 6.07) is 4.53. The third-order valence-corrected chi connectivity index (χ3v) is 4.79. The van der Waals surface area contributed by atoms with Gasteiger partial charge in [-0.2, -0.15) is 8.78 Å². The Hall–Kier alpha value is -2.09. The van der Waals surface area contributed by atoms with Crippen molar-refractivity contribution in [1.29, 1.82) is 0 Å². The molecule has 1 aromatic carbocycles. The number of carbonyl (C=O) groups excluding carboxylic acids is 1. The topological polar surface area (TPSA) is 66.0 Å². The van der Waals surface area contributed by atoms with Gasteiger partial charge in [0, 0.05) is 50.7 Å². The summed E-state index contributed by atoms with van der Waals surface area (Å²) in [7, 11) is 3.32. The van der Waals surface area contributed by atoms with Crippen molar-refractivity contribution in [1.82, 2.24) is 15.5 Å². The molecular formula is C18H25ClF2N4O2. The second-order valence-corrected chi connectivity index (χ2v) is 6.78. The number of ether oxygens (including phenoxy) is 1. The van der Waals surface area contributed by atoms with Crippen LogP contribution in [0.5, 0.6) is 5.75 Å². The van der Waals surface area contributed by atoms with Crippen molar-refractivity contribution in [2.75, 3.05) is 27.2 Å². The average molecular weight is 403 g/mol. The van der Waals surface area contributed by atoms with Crippen LogP contribution < -0.4 is 15.4 Å². The van der Waals surface area contributed by atoms with Gasteiger partial charge in [0.15, 0.2) is 5.96 Å². The molecular weight excluding hydrogens is 378 g/mol. The quantitative estimate of drug-likeness (QED) is 0.567. The highest BCUT2D eigenvalue weighted by Crippen LogP contribution is 2.25. The van der Waals surface area contributed by atoms with E-state index >= 15 is 0 Å². The van der Waals surface area contributed by atoms with Crippen LogP contribution in [-0.4, -0.2) is 50.6 Å². The monoisotopic (exact) mass is 402 g/mol. The van der Waals surface area contributed by atoms with Gasteiger partial charge in [0.1, 0.15) is 5.75 Å². The first-order valence-corrected chi connectivity index (χ1v) is 9.20. The van der Waals surface area contributed by atoms with Gasteiger partial charge in [-0.15, -0.1) is 0 Å². The fraction of sp³-hybridized carbons (Fsp3) is 0.556. The Balaban J connectivity index is 1.93. The lowest BCUT2D eigenvalue weighted by Gasteiger charge is -2.34. The Morgan fingerprint density at radius 3 is 2.70 bits per heavy atom. The molecule has 1 aromatic rings. The van der Waals surface area contributed by atoms with Crippen LogP contribution in [0.25, 0.3) is 0 Å². The van der Waals surface area contributed by atoms with Crippen LogP contribution in [0, 0.1) is 5.92 Å². The lowest BCUT2D eigenvalue weighted by Crippen LogP contribution is -2.45. The molecule has 0 spiro atoms. The molecule has 1 aliphatic heterocycles. The van der Waals surface area contributed by atoms with E-state index in [1.807, 2.05) is 0 Å². The second kappa shape index (κ2) is 10.3. The number of benzene rings is 1. The molecule has 9 heteroatoms. The number of amides is 1. The number of halogens is 3. The lowest BCUT2D eigenvalue weighted by molar-refractivity contribution is -0.121. The molecule has 1 fully saturated rings. The first-order valence-electron chi connectivity index (χ1n) is 8.82. The van der Waals surface area contributed by atoms with E-state index in [1.165, 1.54) is 12.1 Å². The second-order valence-electron chi connectivity index (χ2n) is 6.34. The number of guanidine groups is 1. The highest BCUT2D eigenvalue weighted by atomic mass is 35.5. The molecule has 150 valence electrons. The Bertz CT molecular complexity index is 665. The van der Waals surface area contributed by atoms with E-state index in [1.54, 1.807) is 20.2 Å². The van der Waals surface area contributed by atoms with Crippen LogP contribution in [0.2, 0.25) is 5.02 Å². The van der Waals surface area contributed by atoms with Gasteiger partial charge in [-0.05, 0) is 37.0 Å².